The van der Waals surface area contributed by atoms with E-state index >= 15 is 0 Å². The van der Waals surface area contributed by atoms with Crippen LogP contribution in [0.5, 0.6) is 11.5 Å². The van der Waals surface area contributed by atoms with Crippen LogP contribution < -0.4 is 30.0 Å². The molecule has 0 unspecified atom stereocenters. The summed E-state index contributed by atoms with van der Waals surface area (Å²) in [7, 11) is 3.13. The Morgan fingerprint density at radius 3 is 2.19 bits per heavy atom. The third-order valence-corrected chi connectivity index (χ3v) is 6.80. The van der Waals surface area contributed by atoms with Gasteiger partial charge in [0.1, 0.15) is 22.0 Å². The average Bonchev–Trinajstić information content (AvgIpc) is 3.19. The van der Waals surface area contributed by atoms with Gasteiger partial charge in [-0.15, -0.1) is 11.3 Å². The molecule has 8 nitrogen and oxygen atoms in total. The van der Waals surface area contributed by atoms with E-state index in [1.54, 1.807) is 70.5 Å². The summed E-state index contributed by atoms with van der Waals surface area (Å²) in [5, 5.41) is 10.1. The van der Waals surface area contributed by atoms with Crippen LogP contribution in [0.3, 0.4) is 0 Å². The summed E-state index contributed by atoms with van der Waals surface area (Å²) < 4.78 is 17.9. The normalized spacial score (nSPS) is 15.5. The summed E-state index contributed by atoms with van der Waals surface area (Å²) in [5.41, 5.74) is 7.69. The molecule has 0 saturated heterocycles. The van der Waals surface area contributed by atoms with Gasteiger partial charge in [-0.1, -0.05) is 24.3 Å². The number of methoxy groups -OCH3 is 2. The summed E-state index contributed by atoms with van der Waals surface area (Å²) >= 11 is 1.13. The van der Waals surface area contributed by atoms with E-state index in [1.807, 2.05) is 12.1 Å². The van der Waals surface area contributed by atoms with E-state index in [-0.39, 0.29) is 17.0 Å². The number of fused-ring (bicyclic) bond motifs is 1. The van der Waals surface area contributed by atoms with Gasteiger partial charge in [-0.3, -0.25) is 9.36 Å². The first-order valence-corrected chi connectivity index (χ1v) is 12.0. The highest BCUT2D eigenvalue weighted by Crippen LogP contribution is 2.37. The molecule has 0 spiro atoms. The van der Waals surface area contributed by atoms with Crippen LogP contribution in [0.15, 0.2) is 58.9 Å². The Kier molecular flexibility index (Phi) is 6.99. The highest BCUT2D eigenvalue weighted by atomic mass is 32.1. The lowest BCUT2D eigenvalue weighted by Gasteiger charge is -2.25. The molecule has 1 aromatic heterocycles. The SMILES string of the molecule is COc1ccc(C=c2sc3n(c2=O)C(N)=C(C#N)[C@H](c2ccc(OC)cc2)C=3C(=O)OC(C)C)cc1. The fraction of sp³-hybridized carbons (Fsp3) is 0.222. The van der Waals surface area contributed by atoms with Gasteiger partial charge in [0, 0.05) is 0 Å². The number of hydrogen-bond donors (Lipinski definition) is 1. The zero-order valence-electron chi connectivity index (χ0n) is 20.3. The van der Waals surface area contributed by atoms with Gasteiger partial charge in [-0.05, 0) is 55.3 Å². The summed E-state index contributed by atoms with van der Waals surface area (Å²) in [6.07, 6.45) is 1.31. The maximum absolute atomic E-state index is 13.4. The Balaban J connectivity index is 2.03. The highest BCUT2D eigenvalue weighted by Gasteiger charge is 2.36. The van der Waals surface area contributed by atoms with Crippen molar-refractivity contribution >= 4 is 34.8 Å². The second kappa shape index (κ2) is 10.1. The Morgan fingerprint density at radius 1 is 1.08 bits per heavy atom. The molecule has 0 amide bonds. The van der Waals surface area contributed by atoms with Crippen molar-refractivity contribution in [1.29, 1.82) is 5.26 Å². The molecule has 2 heterocycles. The van der Waals surface area contributed by atoms with Crippen LogP contribution in [0.4, 0.5) is 0 Å². The number of nitrogens with two attached hydrogens (primary N) is 1. The van der Waals surface area contributed by atoms with Gasteiger partial charge in [-0.2, -0.15) is 5.26 Å². The number of aromatic nitrogens is 1. The standard InChI is InChI=1S/C27H25N3O5S/c1-15(2)35-27(32)23-22(17-7-11-19(34-4)12-8-17)20(14-28)24(29)30-25(31)21(36-26(23)30)13-16-5-9-18(33-3)10-6-16/h5-13,15,22H,29H2,1-4H3/t22-/m0/s1. The second-order valence-corrected chi connectivity index (χ2v) is 9.34. The van der Waals surface area contributed by atoms with Gasteiger partial charge in [0.05, 0.1) is 48.0 Å². The van der Waals surface area contributed by atoms with Crippen LogP contribution in [0.2, 0.25) is 0 Å². The highest BCUT2D eigenvalue weighted by molar-refractivity contribution is 7.07. The molecule has 2 aromatic carbocycles. The lowest BCUT2D eigenvalue weighted by molar-refractivity contribution is -0.140. The van der Waals surface area contributed by atoms with E-state index in [9.17, 15) is 14.9 Å². The van der Waals surface area contributed by atoms with Crippen molar-refractivity contribution in [3.05, 3.63) is 84.8 Å². The zero-order chi connectivity index (χ0) is 26.0. The number of carbonyl (C=O) groups is 1. The Labute approximate surface area is 211 Å². The van der Waals surface area contributed by atoms with Crippen molar-refractivity contribution in [3.63, 3.8) is 0 Å². The van der Waals surface area contributed by atoms with E-state index < -0.39 is 23.6 Å². The first-order valence-electron chi connectivity index (χ1n) is 11.2. The number of nitriles is 1. The van der Waals surface area contributed by atoms with Crippen molar-refractivity contribution < 1.29 is 19.0 Å². The summed E-state index contributed by atoms with van der Waals surface area (Å²) in [4.78, 5) is 26.8. The number of hydrogen-bond acceptors (Lipinski definition) is 8. The molecular weight excluding hydrogens is 478 g/mol. The molecule has 1 aliphatic heterocycles. The number of nitrogens with zero attached hydrogens (tertiary/aromatic N) is 2. The number of rotatable bonds is 6. The lowest BCUT2D eigenvalue weighted by Crippen LogP contribution is -2.40. The number of allylic oxidation sites excluding steroid dienone is 1. The minimum Gasteiger partial charge on any atom is -0.497 e. The Hall–Kier alpha value is -4.29. The fourth-order valence-corrected chi connectivity index (χ4v) is 5.17. The molecule has 4 rings (SSSR count). The van der Waals surface area contributed by atoms with Crippen LogP contribution in [0.1, 0.15) is 30.9 Å². The molecule has 0 radical (unpaired) electrons. The summed E-state index contributed by atoms with van der Waals surface area (Å²) in [5.74, 6) is -0.114. The largest absolute Gasteiger partial charge is 0.497 e. The minimum absolute atomic E-state index is 0.00922. The number of thiazole rings is 1. The molecule has 2 N–H and O–H groups in total. The van der Waals surface area contributed by atoms with Crippen molar-refractivity contribution in [2.75, 3.05) is 14.2 Å². The molecule has 0 fully saturated rings. The quantitative estimate of drug-likeness (QED) is 0.513. The van der Waals surface area contributed by atoms with E-state index in [4.69, 9.17) is 19.9 Å². The van der Waals surface area contributed by atoms with E-state index in [0.29, 0.717) is 26.3 Å². The number of ether oxygens (including phenoxy) is 3. The van der Waals surface area contributed by atoms with Crippen LogP contribution in [-0.2, 0) is 9.53 Å². The Morgan fingerprint density at radius 2 is 1.67 bits per heavy atom. The third-order valence-electron chi connectivity index (χ3n) is 5.69. The first kappa shape index (κ1) is 24.8. The average molecular weight is 504 g/mol. The topological polar surface area (TPSA) is 117 Å². The Bertz CT molecular complexity index is 1560. The van der Waals surface area contributed by atoms with E-state index in [0.717, 1.165) is 16.9 Å². The molecule has 184 valence electrons. The van der Waals surface area contributed by atoms with Crippen LogP contribution >= 0.6 is 11.3 Å². The maximum atomic E-state index is 13.4. The van der Waals surface area contributed by atoms with Crippen molar-refractivity contribution in [1.82, 2.24) is 4.57 Å². The molecule has 0 bridgehead atoms. The molecule has 1 atom stereocenters. The maximum Gasteiger partial charge on any atom is 0.338 e. The second-order valence-electron chi connectivity index (χ2n) is 8.31. The van der Waals surface area contributed by atoms with Gasteiger partial charge in [-0.25, -0.2) is 4.79 Å². The van der Waals surface area contributed by atoms with Crippen LogP contribution in [-0.4, -0.2) is 30.9 Å². The molecule has 9 heteroatoms. The van der Waals surface area contributed by atoms with E-state index in [1.165, 1.54) is 4.57 Å². The van der Waals surface area contributed by atoms with E-state index in [2.05, 4.69) is 6.07 Å². The van der Waals surface area contributed by atoms with Crippen LogP contribution in [0, 0.1) is 11.3 Å². The predicted octanol–water partition coefficient (Wildman–Crippen LogP) is 2.31. The van der Waals surface area contributed by atoms with Gasteiger partial charge in [0.2, 0.25) is 0 Å². The van der Waals surface area contributed by atoms with Crippen molar-refractivity contribution in [2.45, 2.75) is 25.9 Å². The van der Waals surface area contributed by atoms with Gasteiger partial charge < -0.3 is 19.9 Å². The van der Waals surface area contributed by atoms with Gasteiger partial charge in [0.25, 0.3) is 5.56 Å². The first-order chi connectivity index (χ1) is 17.3. The fourth-order valence-electron chi connectivity index (χ4n) is 4.00. The zero-order valence-corrected chi connectivity index (χ0v) is 21.1. The van der Waals surface area contributed by atoms with Crippen molar-refractivity contribution in [2.24, 2.45) is 5.73 Å². The smallest absolute Gasteiger partial charge is 0.338 e. The molecule has 0 saturated carbocycles. The summed E-state index contributed by atoms with van der Waals surface area (Å²) in [6, 6.07) is 16.4. The van der Waals surface area contributed by atoms with Gasteiger partial charge in [0.15, 0.2) is 0 Å². The monoisotopic (exact) mass is 503 g/mol. The van der Waals surface area contributed by atoms with Crippen LogP contribution in [0.25, 0.3) is 17.5 Å². The number of carbonyl (C=O) groups excluding carboxylic acids is 1. The predicted molar refractivity (Wildman–Crippen MR) is 138 cm³/mol. The summed E-state index contributed by atoms with van der Waals surface area (Å²) in [6.45, 7) is 3.48. The third kappa shape index (κ3) is 4.51. The molecule has 3 aromatic rings. The molecule has 1 aliphatic rings. The molecular formula is C27H25N3O5S. The number of benzene rings is 2. The number of esters is 1. The minimum atomic E-state index is -0.806. The molecule has 36 heavy (non-hydrogen) atoms. The lowest BCUT2D eigenvalue weighted by atomic mass is 9.84. The van der Waals surface area contributed by atoms with Gasteiger partial charge >= 0.3 is 5.97 Å². The molecule has 0 aliphatic carbocycles. The van der Waals surface area contributed by atoms with Crippen molar-refractivity contribution in [3.8, 4) is 17.6 Å².